The monoisotopic (exact) mass is 313 g/mol. The first-order chi connectivity index (χ1) is 10.7. The molecule has 0 fully saturated rings. The second-order valence-electron chi connectivity index (χ2n) is 5.65. The number of ether oxygens (including phenoxy) is 1. The van der Waals surface area contributed by atoms with Crippen LogP contribution in [0.25, 0.3) is 0 Å². The van der Waals surface area contributed by atoms with Crippen molar-refractivity contribution in [2.24, 2.45) is 0 Å². The zero-order chi connectivity index (χ0) is 16.5. The van der Waals surface area contributed by atoms with Crippen LogP contribution < -0.4 is 0 Å². The van der Waals surface area contributed by atoms with E-state index in [-0.39, 0.29) is 19.2 Å². The summed E-state index contributed by atoms with van der Waals surface area (Å²) in [5.74, 6) is -0.294. The van der Waals surface area contributed by atoms with Crippen molar-refractivity contribution < 1.29 is 19.7 Å². The Kier molecular flexibility index (Phi) is 15.8. The summed E-state index contributed by atoms with van der Waals surface area (Å²) in [7, 11) is 0. The molecule has 0 aromatic carbocycles. The van der Waals surface area contributed by atoms with Gasteiger partial charge in [-0.15, -0.1) is 0 Å². The van der Waals surface area contributed by atoms with Crippen LogP contribution in [0.1, 0.15) is 70.6 Å². The molecule has 0 aliphatic carbocycles. The van der Waals surface area contributed by atoms with E-state index in [1.54, 1.807) is 0 Å². The maximum Gasteiger partial charge on any atom is 0.305 e. The van der Waals surface area contributed by atoms with Crippen LogP contribution in [0.15, 0.2) is 12.2 Å². The van der Waals surface area contributed by atoms with Crippen molar-refractivity contribution in [2.45, 2.75) is 76.7 Å². The van der Waals surface area contributed by atoms with E-state index in [1.807, 2.05) is 0 Å². The average Bonchev–Trinajstić information content (AvgIpc) is 2.53. The Morgan fingerprint density at radius 2 is 1.59 bits per heavy atom. The average molecular weight is 313 g/mol. The van der Waals surface area contributed by atoms with Crippen LogP contribution in [0.2, 0.25) is 0 Å². The molecule has 0 saturated heterocycles. The van der Waals surface area contributed by atoms with E-state index in [0.717, 1.165) is 32.1 Å². The minimum absolute atomic E-state index is 0.115. The van der Waals surface area contributed by atoms with E-state index in [9.17, 15) is 4.79 Å². The summed E-state index contributed by atoms with van der Waals surface area (Å²) in [5.41, 5.74) is 0. The second-order valence-corrected chi connectivity index (χ2v) is 5.65. The van der Waals surface area contributed by atoms with Gasteiger partial charge in [0.2, 0.25) is 0 Å². The number of rotatable bonds is 15. The summed E-state index contributed by atoms with van der Waals surface area (Å²) < 4.78 is 4.83. The molecule has 0 amide bonds. The highest BCUT2D eigenvalue weighted by Crippen LogP contribution is 2.09. The Morgan fingerprint density at radius 1 is 1.00 bits per heavy atom. The molecule has 0 aromatic rings. The van der Waals surface area contributed by atoms with Crippen LogP contribution in [0.5, 0.6) is 0 Å². The Hall–Kier alpha value is -0.870. The third-order valence-corrected chi connectivity index (χ3v) is 3.44. The van der Waals surface area contributed by atoms with E-state index >= 15 is 0 Å². The van der Waals surface area contributed by atoms with Gasteiger partial charge in [0, 0.05) is 6.42 Å². The maximum absolute atomic E-state index is 11.3. The molecule has 0 aromatic heterocycles. The number of allylic oxidation sites excluding steroid dienone is 2. The predicted octanol–water partition coefficient (Wildman–Crippen LogP) is 3.56. The summed E-state index contributed by atoms with van der Waals surface area (Å²) in [6.45, 7) is 3.33. The molecular formula is C18H33O4-. The normalized spacial score (nSPS) is 12.7. The summed E-state index contributed by atoms with van der Waals surface area (Å²) in [5, 5.41) is 17.6. The molecule has 4 nitrogen and oxygen atoms in total. The third kappa shape index (κ3) is 15.5. The Morgan fingerprint density at radius 3 is 2.23 bits per heavy atom. The van der Waals surface area contributed by atoms with Crippen molar-refractivity contribution in [2.75, 3.05) is 13.2 Å². The predicted molar refractivity (Wildman–Crippen MR) is 89.3 cm³/mol. The highest BCUT2D eigenvalue weighted by molar-refractivity contribution is 5.69. The summed E-state index contributed by atoms with van der Waals surface area (Å²) in [6.07, 6.45) is 15.2. The van der Waals surface area contributed by atoms with Gasteiger partial charge >= 0.3 is 5.97 Å². The quantitative estimate of drug-likeness (QED) is 0.210. The zero-order valence-corrected chi connectivity index (χ0v) is 13.8. The molecule has 0 saturated carbocycles. The lowest BCUT2D eigenvalue weighted by atomic mass is 10.1. The van der Waals surface area contributed by atoms with Crippen molar-refractivity contribution in [3.8, 4) is 0 Å². The first-order valence-corrected chi connectivity index (χ1v) is 8.59. The minimum atomic E-state index is -0.962. The van der Waals surface area contributed by atoms with E-state index < -0.39 is 6.10 Å². The summed E-state index contributed by atoms with van der Waals surface area (Å²) in [6, 6.07) is 0. The lowest BCUT2D eigenvalue weighted by molar-refractivity contribution is -0.147. The largest absolute Gasteiger partial charge is 0.463 e. The molecule has 0 heterocycles. The molecule has 0 unspecified atom stereocenters. The molecular weight excluding hydrogens is 280 g/mol. The van der Waals surface area contributed by atoms with E-state index in [0.29, 0.717) is 6.42 Å². The van der Waals surface area contributed by atoms with Crippen LogP contribution in [-0.4, -0.2) is 35.5 Å². The summed E-state index contributed by atoms with van der Waals surface area (Å²) in [4.78, 5) is 11.3. The Balaban J connectivity index is 3.24. The van der Waals surface area contributed by atoms with Gasteiger partial charge in [0.15, 0.2) is 0 Å². The lowest BCUT2D eigenvalue weighted by Gasteiger charge is -2.08. The van der Waals surface area contributed by atoms with Crippen LogP contribution in [0.4, 0.5) is 0 Å². The van der Waals surface area contributed by atoms with Gasteiger partial charge in [0.1, 0.15) is 12.7 Å². The fourth-order valence-corrected chi connectivity index (χ4v) is 2.05. The molecule has 1 atom stereocenters. The van der Waals surface area contributed by atoms with Gasteiger partial charge in [0.05, 0.1) is 6.61 Å². The number of carbonyl (C=O) groups excluding carboxylic acids is 1. The van der Waals surface area contributed by atoms with Crippen molar-refractivity contribution in [1.29, 1.82) is 0 Å². The molecule has 130 valence electrons. The number of hydrogen-bond donors (Lipinski definition) is 2. The summed E-state index contributed by atoms with van der Waals surface area (Å²) >= 11 is 0. The van der Waals surface area contributed by atoms with Gasteiger partial charge < -0.3 is 21.9 Å². The molecule has 0 spiro atoms. The molecule has 0 aliphatic rings. The first-order valence-electron chi connectivity index (χ1n) is 8.59. The van der Waals surface area contributed by atoms with Gasteiger partial charge in [0.25, 0.3) is 0 Å². The highest BCUT2D eigenvalue weighted by Gasteiger charge is 2.07. The smallest absolute Gasteiger partial charge is 0.305 e. The fourth-order valence-electron chi connectivity index (χ4n) is 2.05. The molecule has 4 heteroatoms. The number of unbranched alkanes of at least 4 members (excludes halogenated alkanes) is 8. The van der Waals surface area contributed by atoms with Crippen LogP contribution in [0.3, 0.4) is 0 Å². The third-order valence-electron chi connectivity index (χ3n) is 3.44. The van der Waals surface area contributed by atoms with Crippen molar-refractivity contribution in [3.63, 3.8) is 0 Å². The first kappa shape index (κ1) is 21.1. The molecule has 2 N–H and O–H groups in total. The Bertz CT molecular complexity index is 276. The van der Waals surface area contributed by atoms with Gasteiger partial charge in [-0.2, -0.15) is 6.42 Å². The number of carbonyl (C=O) groups is 1. The van der Waals surface area contributed by atoms with Crippen molar-refractivity contribution >= 4 is 5.97 Å². The lowest BCUT2D eigenvalue weighted by Crippen LogP contribution is -2.21. The fraction of sp³-hybridized carbons (Fsp3) is 0.778. The number of esters is 1. The SMILES string of the molecule is [CH2-]CCCC/C=C\CCCCCCCC(=O)OC[C@H](O)CO. The second kappa shape index (κ2) is 16.5. The van der Waals surface area contributed by atoms with E-state index in [2.05, 4.69) is 19.1 Å². The van der Waals surface area contributed by atoms with Crippen molar-refractivity contribution in [1.82, 2.24) is 0 Å². The molecule has 0 radical (unpaired) electrons. The number of aliphatic hydroxyl groups is 2. The molecule has 0 rings (SSSR count). The van der Waals surface area contributed by atoms with Gasteiger partial charge in [-0.1, -0.05) is 44.3 Å². The van der Waals surface area contributed by atoms with Gasteiger partial charge in [-0.3, -0.25) is 4.79 Å². The standard InChI is InChI=1S/C18H33O4/c1-2-3-4-5-6-7-8-9-10-11-12-13-14-18(21)22-16-17(20)15-19/h6-7,17,19-20H,1-5,8-16H2/q-1/b7-6-/t17-/m1/s1. The van der Waals surface area contributed by atoms with Crippen LogP contribution >= 0.6 is 0 Å². The molecule has 0 bridgehead atoms. The van der Waals surface area contributed by atoms with Crippen molar-refractivity contribution in [3.05, 3.63) is 19.1 Å². The molecule has 22 heavy (non-hydrogen) atoms. The van der Waals surface area contributed by atoms with E-state index in [4.69, 9.17) is 14.9 Å². The zero-order valence-electron chi connectivity index (χ0n) is 13.8. The van der Waals surface area contributed by atoms with Crippen LogP contribution in [0, 0.1) is 6.92 Å². The number of aliphatic hydroxyl groups excluding tert-OH is 2. The highest BCUT2D eigenvalue weighted by atomic mass is 16.5. The van der Waals surface area contributed by atoms with Gasteiger partial charge in [-0.25, -0.2) is 0 Å². The maximum atomic E-state index is 11.3. The van der Waals surface area contributed by atoms with Gasteiger partial charge in [-0.05, 0) is 25.7 Å². The number of hydrogen-bond acceptors (Lipinski definition) is 4. The topological polar surface area (TPSA) is 66.8 Å². The Labute approximate surface area is 135 Å². The van der Waals surface area contributed by atoms with Crippen LogP contribution in [-0.2, 0) is 9.53 Å². The molecule has 0 aliphatic heterocycles. The minimum Gasteiger partial charge on any atom is -0.463 e. The van der Waals surface area contributed by atoms with E-state index in [1.165, 1.54) is 32.1 Å².